The first kappa shape index (κ1) is 12.2. The number of sulfonamides is 1. The Balaban J connectivity index is 2.63. The van der Waals surface area contributed by atoms with Gasteiger partial charge in [0.25, 0.3) is 10.0 Å². The van der Waals surface area contributed by atoms with E-state index < -0.39 is 10.0 Å². The van der Waals surface area contributed by atoms with E-state index in [9.17, 15) is 8.42 Å². The number of nitrogens with one attached hydrogen (secondary N) is 1. The third kappa shape index (κ3) is 3.63. The van der Waals surface area contributed by atoms with Crippen molar-refractivity contribution >= 4 is 21.4 Å². The lowest BCUT2D eigenvalue weighted by molar-refractivity contribution is 0.584. The van der Waals surface area contributed by atoms with Crippen LogP contribution in [0.1, 0.15) is 18.4 Å². The number of hydrogen-bond acceptors (Lipinski definition) is 4. The largest absolute Gasteiger partial charge is 0.251 e. The Bertz CT molecular complexity index is 480. The summed E-state index contributed by atoms with van der Waals surface area (Å²) in [6.07, 6.45) is 1.89. The standard InChI is InChI=1S/C9H12N2O2S2/c1-3-4-5-6-11-15(12,13)9-7-10-8(2)14-9/h7,11H,5-6H2,1-2H3. The fourth-order valence-electron chi connectivity index (χ4n) is 0.910. The van der Waals surface area contributed by atoms with Crippen molar-refractivity contribution in [3.63, 3.8) is 0 Å². The molecule has 1 N–H and O–H groups in total. The minimum absolute atomic E-state index is 0.254. The Labute approximate surface area is 93.8 Å². The molecule has 0 aliphatic carbocycles. The molecular formula is C9H12N2O2S2. The van der Waals surface area contributed by atoms with Gasteiger partial charge in [-0.2, -0.15) is 0 Å². The average molecular weight is 244 g/mol. The topological polar surface area (TPSA) is 59.1 Å². The van der Waals surface area contributed by atoms with E-state index in [0.29, 0.717) is 13.0 Å². The molecule has 1 aromatic heterocycles. The second-order valence-electron chi connectivity index (χ2n) is 2.77. The van der Waals surface area contributed by atoms with Crippen molar-refractivity contribution in [2.24, 2.45) is 0 Å². The maximum Gasteiger partial charge on any atom is 0.251 e. The first-order valence-electron chi connectivity index (χ1n) is 4.38. The van der Waals surface area contributed by atoms with Crippen LogP contribution in [0, 0.1) is 18.8 Å². The summed E-state index contributed by atoms with van der Waals surface area (Å²) < 4.78 is 26.0. The molecule has 6 heteroatoms. The molecule has 1 aromatic rings. The van der Waals surface area contributed by atoms with Crippen LogP contribution in [0.15, 0.2) is 10.4 Å². The summed E-state index contributed by atoms with van der Waals surface area (Å²) in [5.41, 5.74) is 0. The van der Waals surface area contributed by atoms with E-state index in [1.165, 1.54) is 6.20 Å². The van der Waals surface area contributed by atoms with Gasteiger partial charge < -0.3 is 0 Å². The van der Waals surface area contributed by atoms with Crippen LogP contribution in [0.2, 0.25) is 0 Å². The Morgan fingerprint density at radius 1 is 1.60 bits per heavy atom. The van der Waals surface area contributed by atoms with Gasteiger partial charge in [0.1, 0.15) is 0 Å². The summed E-state index contributed by atoms with van der Waals surface area (Å²) in [5.74, 6) is 5.49. The van der Waals surface area contributed by atoms with Crippen LogP contribution < -0.4 is 4.72 Å². The number of aromatic nitrogens is 1. The fourth-order valence-corrected chi connectivity index (χ4v) is 3.09. The van der Waals surface area contributed by atoms with E-state index in [2.05, 4.69) is 21.5 Å². The number of thiazole rings is 1. The summed E-state index contributed by atoms with van der Waals surface area (Å²) in [6.45, 7) is 3.83. The molecule has 0 bridgehead atoms. The molecule has 0 spiro atoms. The van der Waals surface area contributed by atoms with Crippen molar-refractivity contribution in [2.75, 3.05) is 6.54 Å². The quantitative estimate of drug-likeness (QED) is 0.638. The summed E-state index contributed by atoms with van der Waals surface area (Å²) in [6, 6.07) is 0. The lowest BCUT2D eigenvalue weighted by Crippen LogP contribution is -2.23. The highest BCUT2D eigenvalue weighted by atomic mass is 32.2. The lowest BCUT2D eigenvalue weighted by Gasteiger charge is -2.00. The molecule has 0 atom stereocenters. The van der Waals surface area contributed by atoms with Crippen molar-refractivity contribution < 1.29 is 8.42 Å². The van der Waals surface area contributed by atoms with Gasteiger partial charge in [0, 0.05) is 13.0 Å². The lowest BCUT2D eigenvalue weighted by atomic mass is 10.4. The van der Waals surface area contributed by atoms with Crippen LogP contribution in [0.25, 0.3) is 0 Å². The van der Waals surface area contributed by atoms with Crippen LogP contribution in [0.3, 0.4) is 0 Å². The first-order valence-corrected chi connectivity index (χ1v) is 6.68. The van der Waals surface area contributed by atoms with Gasteiger partial charge in [0.05, 0.1) is 11.2 Å². The SMILES string of the molecule is CC#CCCNS(=O)(=O)c1cnc(C)s1. The van der Waals surface area contributed by atoms with Crippen LogP contribution in [0.5, 0.6) is 0 Å². The van der Waals surface area contributed by atoms with Crippen LogP contribution in [0.4, 0.5) is 0 Å². The second-order valence-corrected chi connectivity index (χ2v) is 6.00. The zero-order valence-electron chi connectivity index (χ0n) is 8.57. The van der Waals surface area contributed by atoms with Crippen molar-refractivity contribution in [3.05, 3.63) is 11.2 Å². The zero-order valence-corrected chi connectivity index (χ0v) is 10.2. The van der Waals surface area contributed by atoms with E-state index in [1.807, 2.05) is 0 Å². The maximum atomic E-state index is 11.6. The normalized spacial score (nSPS) is 10.8. The van der Waals surface area contributed by atoms with Gasteiger partial charge in [-0.15, -0.1) is 23.2 Å². The van der Waals surface area contributed by atoms with Gasteiger partial charge >= 0.3 is 0 Å². The monoisotopic (exact) mass is 244 g/mol. The van der Waals surface area contributed by atoms with E-state index in [-0.39, 0.29) is 4.21 Å². The summed E-state index contributed by atoms with van der Waals surface area (Å²) in [5, 5.41) is 0.740. The third-order valence-corrected chi connectivity index (χ3v) is 4.42. The van der Waals surface area contributed by atoms with Gasteiger partial charge in [-0.05, 0) is 13.8 Å². The Morgan fingerprint density at radius 3 is 2.87 bits per heavy atom. The second kappa shape index (κ2) is 5.26. The molecule has 82 valence electrons. The van der Waals surface area contributed by atoms with Gasteiger partial charge in [0.15, 0.2) is 4.21 Å². The molecule has 15 heavy (non-hydrogen) atoms. The molecule has 0 fully saturated rings. The molecule has 0 unspecified atom stereocenters. The molecule has 1 heterocycles. The highest BCUT2D eigenvalue weighted by Crippen LogP contribution is 2.17. The molecule has 4 nitrogen and oxygen atoms in total. The van der Waals surface area contributed by atoms with Gasteiger partial charge in [-0.3, -0.25) is 0 Å². The number of aryl methyl sites for hydroxylation is 1. The van der Waals surface area contributed by atoms with Crippen LogP contribution >= 0.6 is 11.3 Å². The van der Waals surface area contributed by atoms with Crippen molar-refractivity contribution in [1.82, 2.24) is 9.71 Å². The Morgan fingerprint density at radius 2 is 2.33 bits per heavy atom. The summed E-state index contributed by atoms with van der Waals surface area (Å²) in [4.78, 5) is 3.90. The van der Waals surface area contributed by atoms with Gasteiger partial charge in [-0.25, -0.2) is 18.1 Å². The predicted molar refractivity (Wildman–Crippen MR) is 60.1 cm³/mol. The van der Waals surface area contributed by atoms with E-state index in [1.54, 1.807) is 13.8 Å². The Kier molecular flexibility index (Phi) is 4.27. The molecule has 1 rings (SSSR count). The van der Waals surface area contributed by atoms with Crippen molar-refractivity contribution in [3.8, 4) is 11.8 Å². The molecule has 0 aliphatic rings. The Hall–Kier alpha value is -0.900. The molecule has 0 aliphatic heterocycles. The van der Waals surface area contributed by atoms with E-state index in [0.717, 1.165) is 16.3 Å². The summed E-state index contributed by atoms with van der Waals surface area (Å²) in [7, 11) is -3.38. The average Bonchev–Trinajstić information content (AvgIpc) is 2.60. The van der Waals surface area contributed by atoms with Crippen molar-refractivity contribution in [1.29, 1.82) is 0 Å². The minimum Gasteiger partial charge on any atom is -0.249 e. The van der Waals surface area contributed by atoms with E-state index in [4.69, 9.17) is 0 Å². The molecule has 0 saturated heterocycles. The smallest absolute Gasteiger partial charge is 0.249 e. The predicted octanol–water partition coefficient (Wildman–Crippen LogP) is 1.14. The zero-order chi connectivity index (χ0) is 11.3. The fraction of sp³-hybridized carbons (Fsp3) is 0.444. The molecule has 0 aromatic carbocycles. The molecule has 0 amide bonds. The minimum atomic E-state index is -3.38. The molecule has 0 saturated carbocycles. The number of rotatable bonds is 4. The van der Waals surface area contributed by atoms with Gasteiger partial charge in [0.2, 0.25) is 0 Å². The number of hydrogen-bond donors (Lipinski definition) is 1. The van der Waals surface area contributed by atoms with Gasteiger partial charge in [-0.1, -0.05) is 0 Å². The molecular weight excluding hydrogens is 232 g/mol. The highest BCUT2D eigenvalue weighted by Gasteiger charge is 2.15. The first-order chi connectivity index (χ1) is 7.06. The van der Waals surface area contributed by atoms with Crippen LogP contribution in [-0.2, 0) is 10.0 Å². The maximum absolute atomic E-state index is 11.6. The third-order valence-electron chi connectivity index (χ3n) is 1.58. The highest BCUT2D eigenvalue weighted by molar-refractivity contribution is 7.91. The molecule has 0 radical (unpaired) electrons. The van der Waals surface area contributed by atoms with Crippen LogP contribution in [-0.4, -0.2) is 19.9 Å². The van der Waals surface area contributed by atoms with Crippen molar-refractivity contribution in [2.45, 2.75) is 24.5 Å². The van der Waals surface area contributed by atoms with E-state index >= 15 is 0 Å². The summed E-state index contributed by atoms with van der Waals surface area (Å²) >= 11 is 1.16. The number of nitrogens with zero attached hydrogens (tertiary/aromatic N) is 1.